The first kappa shape index (κ1) is 33.9. The minimum absolute atomic E-state index is 0.302. The molecule has 0 aromatic heterocycles. The van der Waals surface area contributed by atoms with Crippen LogP contribution in [0, 0.1) is 0 Å². The van der Waals surface area contributed by atoms with Crippen LogP contribution in [-0.4, -0.2) is 48.8 Å². The van der Waals surface area contributed by atoms with Gasteiger partial charge in [-0.2, -0.15) is 0 Å². The first-order valence-corrected chi connectivity index (χ1v) is 13.8. The number of hydrogen-bond acceptors (Lipinski definition) is 8. The van der Waals surface area contributed by atoms with Crippen LogP contribution >= 0.6 is 0 Å². The maximum absolute atomic E-state index is 11.8. The predicted octanol–water partition coefficient (Wildman–Crippen LogP) is 6.22. The van der Waals surface area contributed by atoms with Crippen molar-refractivity contribution in [2.75, 3.05) is 6.61 Å². The quantitative estimate of drug-likeness (QED) is 0.0953. The summed E-state index contributed by atoms with van der Waals surface area (Å²) in [4.78, 5) is 46.4. The molecule has 0 rings (SSSR count). The van der Waals surface area contributed by atoms with E-state index in [0.29, 0.717) is 6.42 Å². The normalized spacial score (nSPS) is 13.4. The molecule has 0 amide bonds. The highest BCUT2D eigenvalue weighted by atomic mass is 16.6. The Balaban J connectivity index is 4.56. The summed E-state index contributed by atoms with van der Waals surface area (Å²) < 4.78 is 21.1. The Bertz CT molecular complexity index is 619. The Morgan fingerprint density at radius 2 is 0.889 bits per heavy atom. The number of ether oxygens (including phenoxy) is 4. The van der Waals surface area contributed by atoms with E-state index in [2.05, 4.69) is 6.92 Å². The van der Waals surface area contributed by atoms with Crippen LogP contribution in [0.1, 0.15) is 131 Å². The highest BCUT2D eigenvalue weighted by molar-refractivity contribution is 5.68. The van der Waals surface area contributed by atoms with E-state index < -0.39 is 42.2 Å². The number of esters is 4. The van der Waals surface area contributed by atoms with E-state index in [-0.39, 0.29) is 6.61 Å². The van der Waals surface area contributed by atoms with Gasteiger partial charge in [0.05, 0.1) is 0 Å². The van der Waals surface area contributed by atoms with E-state index >= 15 is 0 Å². The first-order chi connectivity index (χ1) is 17.2. The fourth-order valence-electron chi connectivity index (χ4n) is 4.23. The minimum atomic E-state index is -1.08. The van der Waals surface area contributed by atoms with Gasteiger partial charge in [-0.1, -0.05) is 90.4 Å². The van der Waals surface area contributed by atoms with Crippen molar-refractivity contribution in [1.82, 2.24) is 0 Å². The smallest absolute Gasteiger partial charge is 0.303 e. The van der Waals surface area contributed by atoms with Gasteiger partial charge in [0.1, 0.15) is 12.7 Å². The molecule has 0 aliphatic heterocycles. The maximum Gasteiger partial charge on any atom is 0.303 e. The number of rotatable bonds is 22. The average Bonchev–Trinajstić information content (AvgIpc) is 2.79. The largest absolute Gasteiger partial charge is 0.462 e. The average molecular weight is 515 g/mol. The van der Waals surface area contributed by atoms with Crippen LogP contribution < -0.4 is 0 Å². The molecule has 210 valence electrons. The monoisotopic (exact) mass is 514 g/mol. The SMILES string of the molecule is CCCCCCCCCCCCCCCC[C@@H](OC(C)=O)[C@@H](OC(C)=O)[C@H](COC(C)=O)OC(C)=O. The van der Waals surface area contributed by atoms with Crippen molar-refractivity contribution in [3.05, 3.63) is 0 Å². The zero-order chi connectivity index (χ0) is 27.2. The second kappa shape index (κ2) is 22.1. The first-order valence-electron chi connectivity index (χ1n) is 13.8. The van der Waals surface area contributed by atoms with E-state index in [4.69, 9.17) is 18.9 Å². The zero-order valence-corrected chi connectivity index (χ0v) is 23.3. The van der Waals surface area contributed by atoms with E-state index in [0.717, 1.165) is 25.7 Å². The summed E-state index contributed by atoms with van der Waals surface area (Å²) in [5, 5.41) is 0. The Morgan fingerprint density at radius 3 is 1.28 bits per heavy atom. The van der Waals surface area contributed by atoms with Crippen molar-refractivity contribution in [2.24, 2.45) is 0 Å². The molecule has 0 N–H and O–H groups in total. The van der Waals surface area contributed by atoms with Gasteiger partial charge >= 0.3 is 23.9 Å². The summed E-state index contributed by atoms with van der Waals surface area (Å²) in [6.45, 7) is 6.87. The molecule has 0 saturated carbocycles. The standard InChI is InChI=1S/C28H50O8/c1-6-7-8-9-10-11-12-13-14-15-16-17-18-19-20-26(34-23(3)30)28(36-25(5)32)27(35-24(4)31)21-33-22(2)29/h26-28H,6-21H2,1-5H3/t26-,27+,28-/m1/s1. The number of unbranched alkanes of at least 4 members (excludes halogenated alkanes) is 13. The fourth-order valence-corrected chi connectivity index (χ4v) is 4.23. The minimum Gasteiger partial charge on any atom is -0.462 e. The second-order valence-electron chi connectivity index (χ2n) is 9.56. The van der Waals surface area contributed by atoms with Crippen LogP contribution in [0.3, 0.4) is 0 Å². The molecular formula is C28H50O8. The van der Waals surface area contributed by atoms with E-state index in [1.807, 2.05) is 0 Å². The third-order valence-electron chi connectivity index (χ3n) is 5.96. The van der Waals surface area contributed by atoms with Gasteiger partial charge in [0.2, 0.25) is 0 Å². The summed E-state index contributed by atoms with van der Waals surface area (Å²) in [6, 6.07) is 0. The topological polar surface area (TPSA) is 105 Å². The fraction of sp³-hybridized carbons (Fsp3) is 0.857. The van der Waals surface area contributed by atoms with E-state index in [9.17, 15) is 19.2 Å². The molecule has 0 aliphatic rings. The highest BCUT2D eigenvalue weighted by Gasteiger charge is 2.37. The summed E-state index contributed by atoms with van der Waals surface area (Å²) in [7, 11) is 0. The Morgan fingerprint density at radius 1 is 0.500 bits per heavy atom. The molecule has 0 aliphatic carbocycles. The molecule has 0 aromatic rings. The van der Waals surface area contributed by atoms with Crippen LogP contribution in [0.5, 0.6) is 0 Å². The van der Waals surface area contributed by atoms with Crippen molar-refractivity contribution >= 4 is 23.9 Å². The van der Waals surface area contributed by atoms with Gasteiger partial charge in [0.25, 0.3) is 0 Å². The van der Waals surface area contributed by atoms with Gasteiger partial charge in [-0.3, -0.25) is 19.2 Å². The lowest BCUT2D eigenvalue weighted by molar-refractivity contribution is -0.189. The molecule has 8 heteroatoms. The Labute approximate surface area is 218 Å². The molecule has 0 bridgehead atoms. The van der Waals surface area contributed by atoms with E-state index in [1.165, 1.54) is 91.9 Å². The maximum atomic E-state index is 11.8. The van der Waals surface area contributed by atoms with Gasteiger partial charge < -0.3 is 18.9 Å². The molecule has 3 atom stereocenters. The van der Waals surface area contributed by atoms with Crippen molar-refractivity contribution in [3.63, 3.8) is 0 Å². The van der Waals surface area contributed by atoms with Gasteiger partial charge in [0.15, 0.2) is 12.2 Å². The highest BCUT2D eigenvalue weighted by Crippen LogP contribution is 2.21. The van der Waals surface area contributed by atoms with Gasteiger partial charge in [-0.05, 0) is 12.8 Å². The molecule has 36 heavy (non-hydrogen) atoms. The Kier molecular flexibility index (Phi) is 20.8. The van der Waals surface area contributed by atoms with Crippen molar-refractivity contribution < 1.29 is 38.1 Å². The molecule has 0 spiro atoms. The summed E-state index contributed by atoms with van der Waals surface area (Å²) in [5.41, 5.74) is 0. The lowest BCUT2D eigenvalue weighted by Gasteiger charge is -2.31. The zero-order valence-electron chi connectivity index (χ0n) is 23.3. The van der Waals surface area contributed by atoms with Gasteiger partial charge in [-0.25, -0.2) is 0 Å². The van der Waals surface area contributed by atoms with Gasteiger partial charge in [-0.15, -0.1) is 0 Å². The van der Waals surface area contributed by atoms with Crippen molar-refractivity contribution in [2.45, 2.75) is 149 Å². The molecule has 0 radical (unpaired) electrons. The van der Waals surface area contributed by atoms with Crippen molar-refractivity contribution in [3.8, 4) is 0 Å². The lowest BCUT2D eigenvalue weighted by Crippen LogP contribution is -2.47. The van der Waals surface area contributed by atoms with Crippen LogP contribution in [0.25, 0.3) is 0 Å². The molecule has 0 fully saturated rings. The number of hydrogen-bond donors (Lipinski definition) is 0. The summed E-state index contributed by atoms with van der Waals surface area (Å²) >= 11 is 0. The Hall–Kier alpha value is -2.12. The number of carbonyl (C=O) groups is 4. The molecule has 0 saturated heterocycles. The van der Waals surface area contributed by atoms with Crippen LogP contribution in [0.4, 0.5) is 0 Å². The second-order valence-corrected chi connectivity index (χ2v) is 9.56. The van der Waals surface area contributed by atoms with Crippen LogP contribution in [-0.2, 0) is 38.1 Å². The lowest BCUT2D eigenvalue weighted by atomic mass is 10.00. The van der Waals surface area contributed by atoms with Crippen molar-refractivity contribution in [1.29, 1.82) is 0 Å². The van der Waals surface area contributed by atoms with E-state index in [1.54, 1.807) is 0 Å². The summed E-state index contributed by atoms with van der Waals surface area (Å²) in [5.74, 6) is -2.33. The van der Waals surface area contributed by atoms with Crippen LogP contribution in [0.15, 0.2) is 0 Å². The molecule has 0 aromatic carbocycles. The molecular weight excluding hydrogens is 464 g/mol. The molecule has 8 nitrogen and oxygen atoms in total. The third kappa shape index (κ3) is 20.1. The predicted molar refractivity (Wildman–Crippen MR) is 138 cm³/mol. The summed E-state index contributed by atoms with van der Waals surface area (Å²) in [6.07, 6.45) is 14.6. The molecule has 0 heterocycles. The molecule has 0 unspecified atom stereocenters. The van der Waals surface area contributed by atoms with Crippen LogP contribution in [0.2, 0.25) is 0 Å². The van der Waals surface area contributed by atoms with Gasteiger partial charge in [0, 0.05) is 27.7 Å². The third-order valence-corrected chi connectivity index (χ3v) is 5.96. The number of carbonyl (C=O) groups excluding carboxylic acids is 4.